The largest absolute Gasteiger partial charge is 0.352 e. The predicted octanol–water partition coefficient (Wildman–Crippen LogP) is 4.35. The average Bonchev–Trinajstić information content (AvgIpc) is 3.55. The number of hydrogen-bond donors (Lipinski definition) is 3. The first-order valence-electron chi connectivity index (χ1n) is 11.4. The number of benzene rings is 2. The molecule has 0 radical (unpaired) electrons. The van der Waals surface area contributed by atoms with E-state index in [9.17, 15) is 4.79 Å². The van der Waals surface area contributed by atoms with Crippen molar-refractivity contribution in [1.82, 2.24) is 30.5 Å². The molecule has 3 heterocycles. The van der Waals surface area contributed by atoms with E-state index in [1.165, 1.54) is 29.4 Å². The zero-order chi connectivity index (χ0) is 22.2. The van der Waals surface area contributed by atoms with Gasteiger partial charge in [0.1, 0.15) is 5.82 Å². The number of amides is 1. The third kappa shape index (κ3) is 3.55. The number of aryl methyl sites for hydroxylation is 1. The molecule has 6 rings (SSSR count). The monoisotopic (exact) mass is 436 g/mol. The summed E-state index contributed by atoms with van der Waals surface area (Å²) in [5.74, 6) is 0.787. The highest BCUT2D eigenvalue weighted by Crippen LogP contribution is 2.37. The van der Waals surface area contributed by atoms with E-state index in [1.807, 2.05) is 36.5 Å². The van der Waals surface area contributed by atoms with Gasteiger partial charge < -0.3 is 10.3 Å². The molecule has 1 aliphatic rings. The maximum Gasteiger partial charge on any atom is 0.251 e. The third-order valence-electron chi connectivity index (χ3n) is 6.51. The van der Waals surface area contributed by atoms with Gasteiger partial charge in [-0.2, -0.15) is 5.10 Å². The molecule has 33 heavy (non-hydrogen) atoms. The molecule has 2 aromatic carbocycles. The summed E-state index contributed by atoms with van der Waals surface area (Å²) in [7, 11) is 0. The smallest absolute Gasteiger partial charge is 0.251 e. The van der Waals surface area contributed by atoms with E-state index in [4.69, 9.17) is 4.98 Å². The summed E-state index contributed by atoms with van der Waals surface area (Å²) in [4.78, 5) is 24.9. The predicted molar refractivity (Wildman–Crippen MR) is 128 cm³/mol. The summed E-state index contributed by atoms with van der Waals surface area (Å²) in [5.41, 5.74) is 7.50. The van der Waals surface area contributed by atoms with E-state index < -0.39 is 0 Å². The number of hydrogen-bond acceptors (Lipinski definition) is 4. The highest BCUT2D eigenvalue weighted by atomic mass is 16.1. The lowest BCUT2D eigenvalue weighted by Crippen LogP contribution is -2.25. The molecule has 0 atom stereocenters. The van der Waals surface area contributed by atoms with Crippen molar-refractivity contribution < 1.29 is 4.79 Å². The van der Waals surface area contributed by atoms with Gasteiger partial charge in [-0.05, 0) is 61.1 Å². The van der Waals surface area contributed by atoms with Crippen LogP contribution in [-0.4, -0.2) is 37.6 Å². The Morgan fingerprint density at radius 2 is 1.88 bits per heavy atom. The van der Waals surface area contributed by atoms with Crippen LogP contribution in [0.1, 0.15) is 40.2 Å². The number of nitrogens with one attached hydrogen (secondary N) is 3. The van der Waals surface area contributed by atoms with Crippen LogP contribution in [0.2, 0.25) is 0 Å². The number of rotatable bonds is 5. The lowest BCUT2D eigenvalue weighted by atomic mass is 9.85. The van der Waals surface area contributed by atoms with Crippen LogP contribution in [0.25, 0.3) is 33.1 Å². The van der Waals surface area contributed by atoms with Crippen molar-refractivity contribution in [3.8, 4) is 11.3 Å². The van der Waals surface area contributed by atoms with E-state index >= 15 is 0 Å². The molecule has 1 aliphatic carbocycles. The second kappa shape index (κ2) is 8.16. The molecule has 0 aliphatic heterocycles. The van der Waals surface area contributed by atoms with Gasteiger partial charge in [-0.1, -0.05) is 12.1 Å². The van der Waals surface area contributed by atoms with Gasteiger partial charge in [0.15, 0.2) is 0 Å². The zero-order valence-electron chi connectivity index (χ0n) is 18.2. The third-order valence-corrected chi connectivity index (χ3v) is 6.51. The molecular weight excluding hydrogens is 412 g/mol. The maximum atomic E-state index is 12.6. The minimum absolute atomic E-state index is 0.0797. The van der Waals surface area contributed by atoms with Gasteiger partial charge >= 0.3 is 0 Å². The summed E-state index contributed by atoms with van der Waals surface area (Å²) in [5, 5.41) is 12.7. The Hall–Kier alpha value is -4.00. The highest BCUT2D eigenvalue weighted by Gasteiger charge is 2.21. The van der Waals surface area contributed by atoms with Gasteiger partial charge in [-0.3, -0.25) is 9.89 Å². The van der Waals surface area contributed by atoms with Crippen LogP contribution in [0.4, 0.5) is 0 Å². The van der Waals surface area contributed by atoms with Crippen molar-refractivity contribution in [2.24, 2.45) is 0 Å². The Balaban J connectivity index is 1.31. The fourth-order valence-corrected chi connectivity index (χ4v) is 4.90. The number of fused-ring (bicyclic) bond motifs is 5. The Kier molecular flexibility index (Phi) is 4.87. The molecule has 7 heteroatoms. The van der Waals surface area contributed by atoms with Crippen LogP contribution < -0.4 is 5.32 Å². The van der Waals surface area contributed by atoms with E-state index in [-0.39, 0.29) is 5.91 Å². The number of H-pyrrole nitrogens is 2. The van der Waals surface area contributed by atoms with Gasteiger partial charge in [0.05, 0.1) is 22.9 Å². The SMILES string of the molecule is O=C(NCCc1ncc[nH]1)c1ccc(-c2nc3ccc4[nH]ncc4c3c3c2CCCC3)cc1. The lowest BCUT2D eigenvalue weighted by Gasteiger charge is -2.22. The van der Waals surface area contributed by atoms with Crippen LogP contribution in [0, 0.1) is 0 Å². The fraction of sp³-hybridized carbons (Fsp3) is 0.231. The average molecular weight is 437 g/mol. The first-order chi connectivity index (χ1) is 16.3. The van der Waals surface area contributed by atoms with E-state index in [0.29, 0.717) is 18.5 Å². The lowest BCUT2D eigenvalue weighted by molar-refractivity contribution is 0.0954. The molecule has 0 saturated heterocycles. The van der Waals surface area contributed by atoms with Gasteiger partial charge in [0.2, 0.25) is 0 Å². The van der Waals surface area contributed by atoms with Crippen molar-refractivity contribution in [3.05, 3.63) is 77.5 Å². The van der Waals surface area contributed by atoms with Crippen LogP contribution in [0.5, 0.6) is 0 Å². The van der Waals surface area contributed by atoms with Gasteiger partial charge in [0.25, 0.3) is 5.91 Å². The maximum absolute atomic E-state index is 12.6. The second-order valence-corrected chi connectivity index (χ2v) is 8.53. The molecule has 164 valence electrons. The number of nitrogens with zero attached hydrogens (tertiary/aromatic N) is 3. The Bertz CT molecular complexity index is 1450. The summed E-state index contributed by atoms with van der Waals surface area (Å²) < 4.78 is 0. The molecule has 3 N–H and O–H groups in total. The minimum atomic E-state index is -0.0797. The first-order valence-corrected chi connectivity index (χ1v) is 11.4. The summed E-state index contributed by atoms with van der Waals surface area (Å²) >= 11 is 0. The molecule has 0 saturated carbocycles. The van der Waals surface area contributed by atoms with Crippen molar-refractivity contribution in [2.75, 3.05) is 6.54 Å². The number of aromatic nitrogens is 5. The van der Waals surface area contributed by atoms with Crippen LogP contribution in [0.3, 0.4) is 0 Å². The van der Waals surface area contributed by atoms with Crippen LogP contribution in [0.15, 0.2) is 55.0 Å². The van der Waals surface area contributed by atoms with E-state index in [1.54, 1.807) is 12.4 Å². The summed E-state index contributed by atoms with van der Waals surface area (Å²) in [6, 6.07) is 11.9. The number of carbonyl (C=O) groups excluding carboxylic acids is 1. The molecule has 0 unspecified atom stereocenters. The number of carbonyl (C=O) groups is 1. The first kappa shape index (κ1) is 19.7. The topological polar surface area (TPSA) is 99.4 Å². The van der Waals surface area contributed by atoms with Gasteiger partial charge in [-0.15, -0.1) is 0 Å². The van der Waals surface area contributed by atoms with Gasteiger partial charge in [-0.25, -0.2) is 9.97 Å². The van der Waals surface area contributed by atoms with Gasteiger partial charge in [0, 0.05) is 47.3 Å². The number of aromatic amines is 2. The van der Waals surface area contributed by atoms with Crippen molar-refractivity contribution in [2.45, 2.75) is 32.1 Å². The standard InChI is InChI=1S/C26H24N6O/c33-26(29-12-11-23-27-13-14-28-23)17-7-5-16(6-8-17)25-19-4-2-1-3-18(19)24-20-15-30-32-21(20)9-10-22(24)31-25/h5-10,13-15H,1-4,11-12H2,(H,27,28)(H,29,33)(H,30,32). The quantitative estimate of drug-likeness (QED) is 0.381. The Morgan fingerprint density at radius 1 is 1.03 bits per heavy atom. The minimum Gasteiger partial charge on any atom is -0.352 e. The molecule has 3 aromatic heterocycles. The normalized spacial score (nSPS) is 13.3. The Labute approximate surface area is 190 Å². The molecular formula is C26H24N6O. The molecule has 7 nitrogen and oxygen atoms in total. The molecule has 5 aromatic rings. The van der Waals surface area contributed by atoms with Crippen molar-refractivity contribution in [3.63, 3.8) is 0 Å². The van der Waals surface area contributed by atoms with E-state index in [0.717, 1.165) is 46.3 Å². The van der Waals surface area contributed by atoms with Crippen LogP contribution >= 0.6 is 0 Å². The fourth-order valence-electron chi connectivity index (χ4n) is 4.90. The van der Waals surface area contributed by atoms with Crippen LogP contribution in [-0.2, 0) is 19.3 Å². The number of pyridine rings is 1. The molecule has 0 spiro atoms. The molecule has 1 amide bonds. The Morgan fingerprint density at radius 3 is 2.70 bits per heavy atom. The zero-order valence-corrected chi connectivity index (χ0v) is 18.2. The second-order valence-electron chi connectivity index (χ2n) is 8.53. The summed E-state index contributed by atoms with van der Waals surface area (Å²) in [6.07, 6.45) is 10.5. The van der Waals surface area contributed by atoms with Crippen molar-refractivity contribution >= 4 is 27.7 Å². The van der Waals surface area contributed by atoms with Crippen molar-refractivity contribution in [1.29, 1.82) is 0 Å². The summed E-state index contributed by atoms with van der Waals surface area (Å²) in [6.45, 7) is 0.538. The van der Waals surface area contributed by atoms with E-state index in [2.05, 4.69) is 31.5 Å². The number of imidazole rings is 1. The highest BCUT2D eigenvalue weighted by molar-refractivity contribution is 6.07. The molecule has 0 bridgehead atoms. The molecule has 0 fully saturated rings.